The lowest BCUT2D eigenvalue weighted by Crippen LogP contribution is -2.43. The molecule has 5 nitrogen and oxygen atoms in total. The highest BCUT2D eigenvalue weighted by molar-refractivity contribution is 7.88. The van der Waals surface area contributed by atoms with E-state index in [4.69, 9.17) is 23.2 Å². The third kappa shape index (κ3) is 4.10. The second kappa shape index (κ2) is 6.52. The maximum absolute atomic E-state index is 12.3. The van der Waals surface area contributed by atoms with Crippen molar-refractivity contribution in [1.82, 2.24) is 4.31 Å². The first-order chi connectivity index (χ1) is 9.79. The molecule has 0 aliphatic carbocycles. The molecule has 0 bridgehead atoms. The lowest BCUT2D eigenvalue weighted by Gasteiger charge is -2.30. The summed E-state index contributed by atoms with van der Waals surface area (Å²) in [6, 6.07) is 4.97. The Morgan fingerprint density at radius 2 is 2.10 bits per heavy atom. The van der Waals surface area contributed by atoms with Crippen molar-refractivity contribution in [2.45, 2.75) is 12.8 Å². The highest BCUT2D eigenvalue weighted by Gasteiger charge is 2.30. The molecule has 1 N–H and O–H groups in total. The predicted molar refractivity (Wildman–Crippen MR) is 84.2 cm³/mol. The third-order valence-corrected chi connectivity index (χ3v) is 5.52. The van der Waals surface area contributed by atoms with Gasteiger partial charge < -0.3 is 5.32 Å². The lowest BCUT2D eigenvalue weighted by atomic mass is 9.99. The maximum Gasteiger partial charge on any atom is 0.228 e. The summed E-state index contributed by atoms with van der Waals surface area (Å²) in [6.45, 7) is 0.656. The van der Waals surface area contributed by atoms with Crippen LogP contribution in [0.2, 0.25) is 10.0 Å². The molecule has 2 rings (SSSR count). The number of hydrogen-bond acceptors (Lipinski definition) is 3. The number of rotatable bonds is 3. The highest BCUT2D eigenvalue weighted by Crippen LogP contribution is 2.30. The number of carbonyl (C=O) groups is 1. The van der Waals surface area contributed by atoms with Gasteiger partial charge >= 0.3 is 0 Å². The molecule has 21 heavy (non-hydrogen) atoms. The first kappa shape index (κ1) is 16.5. The van der Waals surface area contributed by atoms with Crippen LogP contribution in [0.15, 0.2) is 18.2 Å². The summed E-state index contributed by atoms with van der Waals surface area (Å²) < 4.78 is 24.5. The lowest BCUT2D eigenvalue weighted by molar-refractivity contribution is -0.120. The van der Waals surface area contributed by atoms with E-state index < -0.39 is 10.0 Å². The van der Waals surface area contributed by atoms with Crippen LogP contribution in [0.5, 0.6) is 0 Å². The smallest absolute Gasteiger partial charge is 0.228 e. The minimum absolute atomic E-state index is 0.197. The van der Waals surface area contributed by atoms with E-state index in [1.165, 1.54) is 4.31 Å². The summed E-state index contributed by atoms with van der Waals surface area (Å²) in [6.07, 6.45) is 2.46. The van der Waals surface area contributed by atoms with Crippen molar-refractivity contribution in [2.75, 3.05) is 24.7 Å². The molecule has 8 heteroatoms. The van der Waals surface area contributed by atoms with Gasteiger partial charge in [-0.25, -0.2) is 12.7 Å². The van der Waals surface area contributed by atoms with Gasteiger partial charge in [-0.1, -0.05) is 29.3 Å². The van der Waals surface area contributed by atoms with Crippen LogP contribution >= 0.6 is 23.2 Å². The van der Waals surface area contributed by atoms with Gasteiger partial charge in [0.15, 0.2) is 0 Å². The number of hydrogen-bond donors (Lipinski definition) is 1. The average molecular weight is 351 g/mol. The number of nitrogens with one attached hydrogen (secondary N) is 1. The van der Waals surface area contributed by atoms with E-state index in [1.54, 1.807) is 18.2 Å². The fraction of sp³-hybridized carbons (Fsp3) is 0.462. The van der Waals surface area contributed by atoms with Crippen molar-refractivity contribution in [3.05, 3.63) is 28.2 Å². The number of benzene rings is 1. The molecular formula is C13H16Cl2N2O3S. The van der Waals surface area contributed by atoms with E-state index in [9.17, 15) is 13.2 Å². The molecule has 1 aromatic carbocycles. The molecular weight excluding hydrogens is 335 g/mol. The van der Waals surface area contributed by atoms with Crippen molar-refractivity contribution < 1.29 is 13.2 Å². The highest BCUT2D eigenvalue weighted by atomic mass is 35.5. The monoisotopic (exact) mass is 350 g/mol. The van der Waals surface area contributed by atoms with Crippen LogP contribution in [-0.2, 0) is 14.8 Å². The standard InChI is InChI=1S/C13H16Cl2N2O3S/c1-21(19,20)17-7-3-4-9(8-17)13(18)16-11-6-2-5-10(14)12(11)15/h2,5-6,9H,3-4,7-8H2,1H3,(H,16,18)/t9-/m0/s1. The molecule has 0 radical (unpaired) electrons. The van der Waals surface area contributed by atoms with Crippen molar-refractivity contribution in [3.8, 4) is 0 Å². The van der Waals surface area contributed by atoms with Gasteiger partial charge in [0.25, 0.3) is 0 Å². The van der Waals surface area contributed by atoms with Crippen LogP contribution in [-0.4, -0.2) is 38.0 Å². The van der Waals surface area contributed by atoms with E-state index in [2.05, 4.69) is 5.32 Å². The van der Waals surface area contributed by atoms with E-state index in [0.29, 0.717) is 30.1 Å². The van der Waals surface area contributed by atoms with Crippen molar-refractivity contribution in [3.63, 3.8) is 0 Å². The van der Waals surface area contributed by atoms with Crippen LogP contribution in [0.25, 0.3) is 0 Å². The molecule has 0 spiro atoms. The van der Waals surface area contributed by atoms with Crippen LogP contribution in [0.4, 0.5) is 5.69 Å². The minimum atomic E-state index is -3.27. The molecule has 1 aliphatic heterocycles. The number of carbonyl (C=O) groups excluding carboxylic acids is 1. The first-order valence-corrected chi connectivity index (χ1v) is 9.09. The van der Waals surface area contributed by atoms with Gasteiger partial charge in [0.1, 0.15) is 0 Å². The Morgan fingerprint density at radius 1 is 1.38 bits per heavy atom. The second-order valence-corrected chi connectivity index (χ2v) is 7.82. The Labute approximate surface area is 134 Å². The summed E-state index contributed by atoms with van der Waals surface area (Å²) in [4.78, 5) is 12.3. The zero-order chi connectivity index (χ0) is 15.6. The number of halogens is 2. The van der Waals surface area contributed by atoms with E-state index >= 15 is 0 Å². The zero-order valence-electron chi connectivity index (χ0n) is 11.5. The summed E-state index contributed by atoms with van der Waals surface area (Å²) in [7, 11) is -3.27. The number of amides is 1. The molecule has 1 aromatic rings. The van der Waals surface area contributed by atoms with Gasteiger partial charge in [-0.3, -0.25) is 4.79 Å². The van der Waals surface area contributed by atoms with Crippen molar-refractivity contribution in [1.29, 1.82) is 0 Å². The Hall–Kier alpha value is -0.820. The van der Waals surface area contributed by atoms with Crippen molar-refractivity contribution >= 4 is 44.8 Å². The van der Waals surface area contributed by atoms with Gasteiger partial charge in [-0.2, -0.15) is 0 Å². The van der Waals surface area contributed by atoms with E-state index in [0.717, 1.165) is 6.26 Å². The van der Waals surface area contributed by atoms with E-state index in [1.807, 2.05) is 0 Å². The Morgan fingerprint density at radius 3 is 2.76 bits per heavy atom. The molecule has 1 fully saturated rings. The molecule has 1 atom stereocenters. The van der Waals surface area contributed by atoms with Crippen LogP contribution in [0, 0.1) is 5.92 Å². The SMILES string of the molecule is CS(=O)(=O)N1CCC[C@H](C(=O)Nc2cccc(Cl)c2Cl)C1. The maximum atomic E-state index is 12.3. The predicted octanol–water partition coefficient (Wildman–Crippen LogP) is 2.60. The topological polar surface area (TPSA) is 66.5 Å². The molecule has 1 heterocycles. The van der Waals surface area contributed by atoms with Gasteiger partial charge in [0.05, 0.1) is 27.9 Å². The van der Waals surface area contributed by atoms with Crippen molar-refractivity contribution in [2.24, 2.45) is 5.92 Å². The molecule has 0 aromatic heterocycles. The zero-order valence-corrected chi connectivity index (χ0v) is 13.8. The van der Waals surface area contributed by atoms with Gasteiger partial charge in [0.2, 0.25) is 15.9 Å². The largest absolute Gasteiger partial charge is 0.324 e. The summed E-state index contributed by atoms with van der Waals surface area (Å²) >= 11 is 11.9. The van der Waals surface area contributed by atoms with Crippen LogP contribution in [0.3, 0.4) is 0 Å². The third-order valence-electron chi connectivity index (χ3n) is 3.43. The summed E-state index contributed by atoms with van der Waals surface area (Å²) in [5.74, 6) is -0.629. The number of anilines is 1. The Balaban J connectivity index is 2.08. The normalized spacial score (nSPS) is 20.2. The Kier molecular flexibility index (Phi) is 5.14. The molecule has 0 saturated carbocycles. The number of sulfonamides is 1. The van der Waals surface area contributed by atoms with Gasteiger partial charge in [-0.05, 0) is 25.0 Å². The number of nitrogens with zero attached hydrogens (tertiary/aromatic N) is 1. The number of piperidine rings is 1. The molecule has 1 saturated heterocycles. The van der Waals surface area contributed by atoms with Crippen LogP contribution < -0.4 is 5.32 Å². The van der Waals surface area contributed by atoms with Gasteiger partial charge in [0, 0.05) is 13.1 Å². The molecule has 1 amide bonds. The Bertz CT molecular complexity index is 649. The fourth-order valence-electron chi connectivity index (χ4n) is 2.29. The fourth-order valence-corrected chi connectivity index (χ4v) is 3.55. The van der Waals surface area contributed by atoms with Gasteiger partial charge in [-0.15, -0.1) is 0 Å². The first-order valence-electron chi connectivity index (χ1n) is 6.49. The van der Waals surface area contributed by atoms with E-state index in [-0.39, 0.29) is 23.4 Å². The quantitative estimate of drug-likeness (QED) is 0.910. The second-order valence-electron chi connectivity index (χ2n) is 5.05. The molecule has 116 valence electrons. The minimum Gasteiger partial charge on any atom is -0.324 e. The summed E-state index contributed by atoms with van der Waals surface area (Å²) in [5, 5.41) is 3.35. The molecule has 1 aliphatic rings. The average Bonchev–Trinajstić information content (AvgIpc) is 2.43. The summed E-state index contributed by atoms with van der Waals surface area (Å²) in [5.41, 5.74) is 0.436. The molecule has 0 unspecified atom stereocenters. The van der Waals surface area contributed by atoms with Crippen LogP contribution in [0.1, 0.15) is 12.8 Å².